The topological polar surface area (TPSA) is 105 Å². The average Bonchev–Trinajstić information content (AvgIpc) is 3.11. The van der Waals surface area contributed by atoms with E-state index in [2.05, 4.69) is 48.5 Å². The standard InChI is InChI=1S/C52H58O8/c1-29-19-39(20-30(2)43(29)27-53)45(40-21-31(3)44(28-54)32(4)22-40)37-15-17-38(18-16-37)46(41-23-33(5)47(34(6)24-41)57-49(55)59-51(9,10)11)42-25-35(7)48(36(8)26-42)58-50(56)60-52(12,13)14/h15-28,45-46H,1-14H3. The van der Waals surface area contributed by atoms with Crippen molar-refractivity contribution < 1.29 is 38.1 Å². The zero-order valence-corrected chi connectivity index (χ0v) is 37.5. The number of benzene rings is 5. The highest BCUT2D eigenvalue weighted by atomic mass is 16.7. The number of ether oxygens (including phenoxy) is 4. The summed E-state index contributed by atoms with van der Waals surface area (Å²) in [6.07, 6.45) is 0.273. The molecule has 0 aromatic heterocycles. The van der Waals surface area contributed by atoms with Crippen molar-refractivity contribution in [1.29, 1.82) is 0 Å². The van der Waals surface area contributed by atoms with Gasteiger partial charge in [0.15, 0.2) is 12.6 Å². The minimum Gasteiger partial charge on any atom is -0.428 e. The Kier molecular flexibility index (Phi) is 13.3. The molecule has 0 saturated carbocycles. The molecule has 0 saturated heterocycles. The molecule has 0 radical (unpaired) electrons. The molecule has 0 unspecified atom stereocenters. The molecular formula is C52H58O8. The number of carbonyl (C=O) groups is 4. The molecule has 0 spiro atoms. The second-order valence-electron chi connectivity index (χ2n) is 18.0. The third-order valence-corrected chi connectivity index (χ3v) is 10.5. The molecule has 5 rings (SSSR count). The van der Waals surface area contributed by atoms with Crippen LogP contribution in [0.3, 0.4) is 0 Å². The van der Waals surface area contributed by atoms with Crippen molar-refractivity contribution in [1.82, 2.24) is 0 Å². The van der Waals surface area contributed by atoms with Gasteiger partial charge in [-0.1, -0.05) is 72.8 Å². The Morgan fingerprint density at radius 3 is 0.867 bits per heavy atom. The third-order valence-electron chi connectivity index (χ3n) is 10.5. The minimum absolute atomic E-state index is 0.198. The molecule has 0 aliphatic rings. The Balaban J connectivity index is 1.68. The van der Waals surface area contributed by atoms with E-state index in [1.165, 1.54) is 0 Å². The fraction of sp³-hybridized carbons (Fsp3) is 0.346. The monoisotopic (exact) mass is 810 g/mol. The summed E-state index contributed by atoms with van der Waals surface area (Å²) in [7, 11) is 0. The predicted molar refractivity (Wildman–Crippen MR) is 236 cm³/mol. The van der Waals surface area contributed by atoms with Crippen molar-refractivity contribution in [3.8, 4) is 11.5 Å². The van der Waals surface area contributed by atoms with E-state index in [0.717, 1.165) is 90.5 Å². The molecule has 5 aromatic carbocycles. The van der Waals surface area contributed by atoms with Crippen LogP contribution in [0.15, 0.2) is 72.8 Å². The van der Waals surface area contributed by atoms with Crippen LogP contribution in [-0.4, -0.2) is 36.1 Å². The summed E-state index contributed by atoms with van der Waals surface area (Å²) in [5, 5.41) is 0. The average molecular weight is 811 g/mol. The predicted octanol–water partition coefficient (Wildman–Crippen LogP) is 12.8. The Bertz CT molecular complexity index is 2220. The molecule has 0 atom stereocenters. The quantitative estimate of drug-likeness (QED) is 0.0594. The summed E-state index contributed by atoms with van der Waals surface area (Å²) >= 11 is 0. The van der Waals surface area contributed by atoms with Crippen LogP contribution < -0.4 is 9.47 Å². The maximum absolute atomic E-state index is 12.8. The van der Waals surface area contributed by atoms with Crippen LogP contribution in [0.1, 0.15) is 152 Å². The summed E-state index contributed by atoms with van der Waals surface area (Å²) in [4.78, 5) is 49.5. The Morgan fingerprint density at radius 2 is 0.650 bits per heavy atom. The molecule has 314 valence electrons. The van der Waals surface area contributed by atoms with Crippen molar-refractivity contribution in [2.75, 3.05) is 0 Å². The second kappa shape index (κ2) is 17.7. The van der Waals surface area contributed by atoms with E-state index < -0.39 is 23.5 Å². The number of carbonyl (C=O) groups excluding carboxylic acids is 4. The van der Waals surface area contributed by atoms with E-state index >= 15 is 0 Å². The van der Waals surface area contributed by atoms with Gasteiger partial charge in [0.1, 0.15) is 22.7 Å². The van der Waals surface area contributed by atoms with Gasteiger partial charge in [-0.05, 0) is 175 Å². The van der Waals surface area contributed by atoms with Crippen LogP contribution in [0.25, 0.3) is 0 Å². The van der Waals surface area contributed by atoms with Crippen LogP contribution in [-0.2, 0) is 9.47 Å². The Morgan fingerprint density at radius 1 is 0.417 bits per heavy atom. The molecule has 0 aliphatic carbocycles. The van der Waals surface area contributed by atoms with Gasteiger partial charge in [-0.25, -0.2) is 9.59 Å². The lowest BCUT2D eigenvalue weighted by Gasteiger charge is -2.26. The van der Waals surface area contributed by atoms with Crippen LogP contribution in [0.2, 0.25) is 0 Å². The van der Waals surface area contributed by atoms with Gasteiger partial charge in [0, 0.05) is 23.0 Å². The number of hydrogen-bond acceptors (Lipinski definition) is 8. The van der Waals surface area contributed by atoms with Gasteiger partial charge in [-0.2, -0.15) is 0 Å². The summed E-state index contributed by atoms with van der Waals surface area (Å²) in [6.45, 7) is 26.2. The molecule has 0 N–H and O–H groups in total. The molecule has 0 aliphatic heterocycles. The maximum atomic E-state index is 12.8. The smallest absolute Gasteiger partial charge is 0.428 e. The lowest BCUT2D eigenvalue weighted by molar-refractivity contribution is 0.0190. The van der Waals surface area contributed by atoms with E-state index in [-0.39, 0.29) is 11.8 Å². The van der Waals surface area contributed by atoms with E-state index in [1.807, 2.05) is 79.7 Å². The van der Waals surface area contributed by atoms with Gasteiger partial charge < -0.3 is 18.9 Å². The van der Waals surface area contributed by atoms with Crippen LogP contribution in [0, 0.1) is 55.4 Å². The molecule has 5 aromatic rings. The van der Waals surface area contributed by atoms with Gasteiger partial charge in [0.2, 0.25) is 0 Å². The van der Waals surface area contributed by atoms with E-state index in [0.29, 0.717) is 22.6 Å². The van der Waals surface area contributed by atoms with E-state index in [4.69, 9.17) is 18.9 Å². The van der Waals surface area contributed by atoms with Crippen molar-refractivity contribution in [2.24, 2.45) is 0 Å². The summed E-state index contributed by atoms with van der Waals surface area (Å²) in [5.41, 5.74) is 12.7. The first kappa shape index (κ1) is 45.1. The van der Waals surface area contributed by atoms with Crippen molar-refractivity contribution >= 4 is 24.9 Å². The first-order valence-electron chi connectivity index (χ1n) is 20.3. The normalized spacial score (nSPS) is 11.7. The van der Waals surface area contributed by atoms with E-state index in [9.17, 15) is 19.2 Å². The molecule has 8 heteroatoms. The van der Waals surface area contributed by atoms with Gasteiger partial charge in [0.25, 0.3) is 0 Å². The summed E-state index contributed by atoms with van der Waals surface area (Å²) in [5.74, 6) is 0.397. The highest BCUT2D eigenvalue weighted by Crippen LogP contribution is 2.41. The molecule has 8 nitrogen and oxygen atoms in total. The Labute approximate surface area is 355 Å². The second-order valence-corrected chi connectivity index (χ2v) is 18.0. The fourth-order valence-electron chi connectivity index (χ4n) is 8.09. The van der Waals surface area contributed by atoms with Crippen LogP contribution >= 0.6 is 0 Å². The zero-order valence-electron chi connectivity index (χ0n) is 37.5. The van der Waals surface area contributed by atoms with Crippen LogP contribution in [0.4, 0.5) is 9.59 Å². The minimum atomic E-state index is -0.771. The van der Waals surface area contributed by atoms with Gasteiger partial charge in [0.05, 0.1) is 0 Å². The number of aryl methyl sites for hydroxylation is 8. The number of hydrogen-bond donors (Lipinski definition) is 0. The van der Waals surface area contributed by atoms with Crippen molar-refractivity contribution in [3.05, 3.63) is 162 Å². The molecule has 0 fully saturated rings. The third kappa shape index (κ3) is 10.4. The number of rotatable bonds is 10. The highest BCUT2D eigenvalue weighted by Gasteiger charge is 2.27. The van der Waals surface area contributed by atoms with Crippen LogP contribution in [0.5, 0.6) is 11.5 Å². The SMILES string of the molecule is Cc1cc(C(c2ccc(C(c3cc(C)c(OC(=O)OC(C)(C)C)c(C)c3)c3cc(C)c(OC(=O)OC(C)(C)C)c(C)c3)cc2)c2cc(C)c(C=O)c(C)c2)cc(C)c1C=O. The largest absolute Gasteiger partial charge is 0.514 e. The molecule has 0 heterocycles. The molecule has 0 amide bonds. The van der Waals surface area contributed by atoms with E-state index in [1.54, 1.807) is 41.5 Å². The zero-order chi connectivity index (χ0) is 44.4. The first-order valence-corrected chi connectivity index (χ1v) is 20.3. The molecular weight excluding hydrogens is 753 g/mol. The van der Waals surface area contributed by atoms with Gasteiger partial charge >= 0.3 is 12.3 Å². The molecule has 60 heavy (non-hydrogen) atoms. The summed E-state index contributed by atoms with van der Waals surface area (Å²) < 4.78 is 22.4. The van der Waals surface area contributed by atoms with Gasteiger partial charge in [-0.3, -0.25) is 9.59 Å². The number of aldehydes is 2. The first-order chi connectivity index (χ1) is 28.0. The highest BCUT2D eigenvalue weighted by molar-refractivity contribution is 5.81. The van der Waals surface area contributed by atoms with Crippen molar-refractivity contribution in [2.45, 2.75) is 120 Å². The van der Waals surface area contributed by atoms with Crippen molar-refractivity contribution in [3.63, 3.8) is 0 Å². The Hall–Kier alpha value is -6.02. The lowest BCUT2D eigenvalue weighted by atomic mass is 9.79. The fourth-order valence-corrected chi connectivity index (χ4v) is 8.09. The molecule has 0 bridgehead atoms. The maximum Gasteiger partial charge on any atom is 0.514 e. The lowest BCUT2D eigenvalue weighted by Crippen LogP contribution is -2.26. The summed E-state index contributed by atoms with van der Waals surface area (Å²) in [6, 6.07) is 25.0. The van der Waals surface area contributed by atoms with Gasteiger partial charge in [-0.15, -0.1) is 0 Å².